The van der Waals surface area contributed by atoms with Crippen LogP contribution in [0.5, 0.6) is 0 Å². The van der Waals surface area contributed by atoms with Crippen LogP contribution in [0.3, 0.4) is 0 Å². The molecule has 1 heterocycles. The van der Waals surface area contributed by atoms with Crippen molar-refractivity contribution in [3.8, 4) is 11.3 Å². The summed E-state index contributed by atoms with van der Waals surface area (Å²) >= 11 is 0. The van der Waals surface area contributed by atoms with E-state index >= 15 is 0 Å². The van der Waals surface area contributed by atoms with Gasteiger partial charge in [0.1, 0.15) is 11.5 Å². The zero-order valence-electron chi connectivity index (χ0n) is 11.9. The number of nitrogens with one attached hydrogen (secondary N) is 2. The van der Waals surface area contributed by atoms with Crippen LogP contribution in [0.1, 0.15) is 31.9 Å². The van der Waals surface area contributed by atoms with Crippen molar-refractivity contribution >= 4 is 11.6 Å². The van der Waals surface area contributed by atoms with Gasteiger partial charge >= 0.3 is 0 Å². The van der Waals surface area contributed by atoms with E-state index in [1.165, 1.54) is 12.1 Å². The molecule has 21 heavy (non-hydrogen) atoms. The number of halogens is 1. The third kappa shape index (κ3) is 2.96. The van der Waals surface area contributed by atoms with Gasteiger partial charge in [-0.15, -0.1) is 0 Å². The zero-order chi connectivity index (χ0) is 14.8. The summed E-state index contributed by atoms with van der Waals surface area (Å²) in [6, 6.07) is 6.15. The van der Waals surface area contributed by atoms with Crippen molar-refractivity contribution < 1.29 is 9.18 Å². The molecule has 2 aromatic rings. The number of H-pyrrole nitrogens is 1. The van der Waals surface area contributed by atoms with Gasteiger partial charge in [-0.2, -0.15) is 5.10 Å². The summed E-state index contributed by atoms with van der Waals surface area (Å²) in [5, 5.41) is 10.3. The molecule has 0 radical (unpaired) electrons. The molecule has 1 aliphatic carbocycles. The minimum Gasteiger partial charge on any atom is -0.322 e. The van der Waals surface area contributed by atoms with E-state index in [2.05, 4.69) is 22.4 Å². The third-order valence-electron chi connectivity index (χ3n) is 3.66. The van der Waals surface area contributed by atoms with E-state index in [1.807, 2.05) is 0 Å². The molecule has 1 aromatic heterocycles. The number of rotatable bonds is 5. The minimum absolute atomic E-state index is 0.0529. The maximum atomic E-state index is 13.1. The van der Waals surface area contributed by atoms with Crippen LogP contribution in [0.15, 0.2) is 24.3 Å². The second-order valence-electron chi connectivity index (χ2n) is 5.45. The highest BCUT2D eigenvalue weighted by molar-refractivity contribution is 5.98. The lowest BCUT2D eigenvalue weighted by molar-refractivity contribution is -0.117. The predicted molar refractivity (Wildman–Crippen MR) is 79.3 cm³/mol. The normalized spacial score (nSPS) is 14.2. The summed E-state index contributed by atoms with van der Waals surface area (Å²) in [6.07, 6.45) is 3.68. The summed E-state index contributed by atoms with van der Waals surface area (Å²) in [4.78, 5) is 12.1. The van der Waals surface area contributed by atoms with Gasteiger partial charge in [0.25, 0.3) is 0 Å². The molecule has 0 bridgehead atoms. The van der Waals surface area contributed by atoms with E-state index in [9.17, 15) is 9.18 Å². The van der Waals surface area contributed by atoms with Crippen LogP contribution in [-0.4, -0.2) is 16.1 Å². The molecule has 0 aliphatic heterocycles. The highest BCUT2D eigenvalue weighted by atomic mass is 19.1. The number of hydrogen-bond donors (Lipinski definition) is 2. The maximum Gasteiger partial charge on any atom is 0.227 e. The second-order valence-corrected chi connectivity index (χ2v) is 5.45. The van der Waals surface area contributed by atoms with Gasteiger partial charge in [0, 0.05) is 11.5 Å². The first-order chi connectivity index (χ1) is 10.2. The lowest BCUT2D eigenvalue weighted by Gasteiger charge is -2.07. The molecule has 4 nitrogen and oxygen atoms in total. The van der Waals surface area contributed by atoms with Gasteiger partial charge in [-0.05, 0) is 43.5 Å². The molecule has 1 aromatic carbocycles. The first-order valence-electron chi connectivity index (χ1n) is 7.33. The molecule has 0 spiro atoms. The Morgan fingerprint density at radius 3 is 2.71 bits per heavy atom. The van der Waals surface area contributed by atoms with Crippen LogP contribution >= 0.6 is 0 Å². The standard InChI is InChI=1S/C16H18FN3O/c1-2-3-13-15(18-16(21)11-4-5-11)14(20-19-13)10-6-8-12(17)9-7-10/h6-9,11H,2-5H2,1H3,(H,18,21)(H,19,20). The Kier molecular flexibility index (Phi) is 3.73. The Balaban J connectivity index is 1.94. The van der Waals surface area contributed by atoms with Crippen LogP contribution in [0, 0.1) is 11.7 Å². The maximum absolute atomic E-state index is 13.1. The number of aromatic nitrogens is 2. The van der Waals surface area contributed by atoms with E-state index in [0.717, 1.165) is 42.6 Å². The topological polar surface area (TPSA) is 57.8 Å². The fourth-order valence-electron chi connectivity index (χ4n) is 2.33. The number of amides is 1. The number of nitrogens with zero attached hydrogens (tertiary/aromatic N) is 1. The van der Waals surface area contributed by atoms with Gasteiger partial charge < -0.3 is 5.32 Å². The molecule has 2 N–H and O–H groups in total. The fraction of sp³-hybridized carbons (Fsp3) is 0.375. The Morgan fingerprint density at radius 2 is 2.10 bits per heavy atom. The molecule has 3 rings (SSSR count). The summed E-state index contributed by atoms with van der Waals surface area (Å²) in [7, 11) is 0. The van der Waals surface area contributed by atoms with Crippen molar-refractivity contribution in [2.75, 3.05) is 5.32 Å². The Morgan fingerprint density at radius 1 is 1.38 bits per heavy atom. The quantitative estimate of drug-likeness (QED) is 0.884. The van der Waals surface area contributed by atoms with Crippen LogP contribution in [0.25, 0.3) is 11.3 Å². The van der Waals surface area contributed by atoms with Gasteiger partial charge in [-0.1, -0.05) is 13.3 Å². The molecule has 1 saturated carbocycles. The van der Waals surface area contributed by atoms with Gasteiger partial charge in [0.15, 0.2) is 0 Å². The number of carbonyl (C=O) groups excluding carboxylic acids is 1. The van der Waals surface area contributed by atoms with Gasteiger partial charge in [0.05, 0.1) is 11.4 Å². The monoisotopic (exact) mass is 287 g/mol. The van der Waals surface area contributed by atoms with Crippen molar-refractivity contribution in [2.45, 2.75) is 32.6 Å². The number of carbonyl (C=O) groups is 1. The number of hydrogen-bond acceptors (Lipinski definition) is 2. The highest BCUT2D eigenvalue weighted by Gasteiger charge is 2.31. The van der Waals surface area contributed by atoms with Crippen molar-refractivity contribution in [1.29, 1.82) is 0 Å². The molecular formula is C16H18FN3O. The smallest absolute Gasteiger partial charge is 0.227 e. The van der Waals surface area contributed by atoms with Gasteiger partial charge in [-0.3, -0.25) is 9.89 Å². The van der Waals surface area contributed by atoms with Crippen LogP contribution < -0.4 is 5.32 Å². The minimum atomic E-state index is -0.286. The average Bonchev–Trinajstić information content (AvgIpc) is 3.26. The fourth-order valence-corrected chi connectivity index (χ4v) is 2.33. The number of anilines is 1. The molecule has 0 saturated heterocycles. The summed E-state index contributed by atoms with van der Waals surface area (Å²) in [6.45, 7) is 2.07. The molecule has 0 atom stereocenters. The van der Waals surface area contributed by atoms with Crippen LogP contribution in [-0.2, 0) is 11.2 Å². The second kappa shape index (κ2) is 5.68. The van der Waals surface area contributed by atoms with Crippen LogP contribution in [0.4, 0.5) is 10.1 Å². The van der Waals surface area contributed by atoms with E-state index in [-0.39, 0.29) is 17.6 Å². The van der Waals surface area contributed by atoms with Gasteiger partial charge in [0.2, 0.25) is 5.91 Å². The Labute approximate surface area is 122 Å². The number of benzene rings is 1. The van der Waals surface area contributed by atoms with Crippen molar-refractivity contribution in [2.24, 2.45) is 5.92 Å². The number of aromatic amines is 1. The van der Waals surface area contributed by atoms with Crippen molar-refractivity contribution in [3.63, 3.8) is 0 Å². The molecular weight excluding hydrogens is 269 g/mol. The van der Waals surface area contributed by atoms with Gasteiger partial charge in [-0.25, -0.2) is 4.39 Å². The van der Waals surface area contributed by atoms with E-state index in [1.54, 1.807) is 12.1 Å². The van der Waals surface area contributed by atoms with E-state index in [4.69, 9.17) is 0 Å². The first-order valence-corrected chi connectivity index (χ1v) is 7.33. The Bertz CT molecular complexity index is 644. The predicted octanol–water partition coefficient (Wildman–Crippen LogP) is 3.52. The molecule has 110 valence electrons. The Hall–Kier alpha value is -2.17. The van der Waals surface area contributed by atoms with Crippen molar-refractivity contribution in [1.82, 2.24) is 10.2 Å². The molecule has 1 aliphatic rings. The zero-order valence-corrected chi connectivity index (χ0v) is 11.9. The molecule has 5 heteroatoms. The SMILES string of the molecule is CCCc1[nH]nc(-c2ccc(F)cc2)c1NC(=O)C1CC1. The summed E-state index contributed by atoms with van der Waals surface area (Å²) < 4.78 is 13.1. The first kappa shape index (κ1) is 13.8. The number of aryl methyl sites for hydroxylation is 1. The van der Waals surface area contributed by atoms with Crippen molar-refractivity contribution in [3.05, 3.63) is 35.8 Å². The van der Waals surface area contributed by atoms with E-state index < -0.39 is 0 Å². The highest BCUT2D eigenvalue weighted by Crippen LogP contribution is 2.34. The largest absolute Gasteiger partial charge is 0.322 e. The third-order valence-corrected chi connectivity index (χ3v) is 3.66. The molecule has 0 unspecified atom stereocenters. The molecule has 1 fully saturated rings. The van der Waals surface area contributed by atoms with Crippen LogP contribution in [0.2, 0.25) is 0 Å². The van der Waals surface area contributed by atoms with E-state index in [0.29, 0.717) is 5.69 Å². The average molecular weight is 287 g/mol. The lowest BCUT2D eigenvalue weighted by Crippen LogP contribution is -2.14. The molecule has 1 amide bonds. The summed E-state index contributed by atoms with van der Waals surface area (Å²) in [5.41, 5.74) is 3.12. The summed E-state index contributed by atoms with van der Waals surface area (Å²) in [5.74, 6) is -0.0980. The lowest BCUT2D eigenvalue weighted by atomic mass is 10.1.